The molecule has 0 radical (unpaired) electrons. The van der Waals surface area contributed by atoms with E-state index in [1.165, 1.54) is 63.8 Å². The molecule has 0 bridgehead atoms. The number of fused-ring (bicyclic) bond motifs is 18. The van der Waals surface area contributed by atoms with Gasteiger partial charge in [-0.15, -0.1) is 11.3 Å². The van der Waals surface area contributed by atoms with Gasteiger partial charge in [0.1, 0.15) is 16.8 Å². The highest BCUT2D eigenvalue weighted by atomic mass is 32.1. The zero-order valence-electron chi connectivity index (χ0n) is 31.3. The molecule has 4 aromatic heterocycles. The number of hydrogen-bond acceptors (Lipinski definition) is 4. The van der Waals surface area contributed by atoms with Gasteiger partial charge in [-0.1, -0.05) is 146 Å². The van der Waals surface area contributed by atoms with Crippen molar-refractivity contribution in [1.29, 1.82) is 0 Å². The molecule has 0 unspecified atom stereocenters. The van der Waals surface area contributed by atoms with Gasteiger partial charge >= 0.3 is 0 Å². The number of hydrogen-bond donors (Lipinski definition) is 0. The van der Waals surface area contributed by atoms with Crippen molar-refractivity contribution in [3.8, 4) is 17.1 Å². The topological polar surface area (TPSA) is 43.9 Å². The molecule has 4 nitrogen and oxygen atoms in total. The Balaban J connectivity index is 1.30. The van der Waals surface area contributed by atoms with Crippen molar-refractivity contribution < 1.29 is 4.42 Å². The normalized spacial score (nSPS) is 12.4. The number of thiophene rings is 1. The smallest absolute Gasteiger partial charge is 0.248 e. The monoisotopic (exact) mass is 747 g/mol. The van der Waals surface area contributed by atoms with Gasteiger partial charge < -0.3 is 4.42 Å². The molecule has 5 heteroatoms. The fourth-order valence-electron chi connectivity index (χ4n) is 9.17. The van der Waals surface area contributed by atoms with Crippen LogP contribution in [0.4, 0.5) is 0 Å². The second-order valence-electron chi connectivity index (χ2n) is 15.0. The van der Waals surface area contributed by atoms with E-state index >= 15 is 0 Å². The van der Waals surface area contributed by atoms with E-state index in [1.807, 2.05) is 23.5 Å². The quantitative estimate of drug-likeness (QED) is 0.133. The summed E-state index contributed by atoms with van der Waals surface area (Å²) in [7, 11) is 0. The molecule has 268 valence electrons. The molecule has 0 saturated heterocycles. The maximum Gasteiger partial charge on any atom is 0.248 e. The van der Waals surface area contributed by atoms with E-state index in [0.29, 0.717) is 5.71 Å². The van der Waals surface area contributed by atoms with E-state index in [4.69, 9.17) is 14.4 Å². The predicted molar refractivity (Wildman–Crippen MR) is 243 cm³/mol. The number of benzene rings is 8. The summed E-state index contributed by atoms with van der Waals surface area (Å²) in [6.07, 6.45) is 6.01. The highest BCUT2D eigenvalue weighted by molar-refractivity contribution is 7.27. The van der Waals surface area contributed by atoms with E-state index in [0.717, 1.165) is 60.8 Å². The van der Waals surface area contributed by atoms with Crippen molar-refractivity contribution in [2.24, 2.45) is 0 Å². The summed E-state index contributed by atoms with van der Waals surface area (Å²) in [4.78, 5) is 11.2. The maximum atomic E-state index is 6.91. The van der Waals surface area contributed by atoms with Gasteiger partial charge in [0.25, 0.3) is 0 Å². The Morgan fingerprint density at radius 2 is 1.26 bits per heavy atom. The van der Waals surface area contributed by atoms with Crippen molar-refractivity contribution in [3.63, 3.8) is 0 Å². The molecular formula is C52H33N3OS. The summed E-state index contributed by atoms with van der Waals surface area (Å²) in [6, 6.07) is 48.0. The average Bonchev–Trinajstić information content (AvgIpc) is 3.92. The summed E-state index contributed by atoms with van der Waals surface area (Å²) in [5, 5.41) is 12.8. The Labute approximate surface area is 331 Å². The van der Waals surface area contributed by atoms with Gasteiger partial charge in [0.05, 0.1) is 21.1 Å². The highest BCUT2D eigenvalue weighted by Crippen LogP contribution is 2.49. The van der Waals surface area contributed by atoms with Crippen LogP contribution in [0.3, 0.4) is 0 Å². The number of allylic oxidation sites excluding steroid dienone is 2. The Morgan fingerprint density at radius 3 is 2.00 bits per heavy atom. The SMILES string of the molecule is C=C/C=C\c1cc2c(cc1C)sc1c2c2ccccc2c2c3ccccc3n(-c3nc4oc5c6ccccc6c6ccccc6c5c4nc3-c3ccc(C)cc3)c12. The van der Waals surface area contributed by atoms with Crippen LogP contribution in [-0.4, -0.2) is 14.5 Å². The fourth-order valence-corrected chi connectivity index (χ4v) is 10.5. The number of aromatic nitrogens is 3. The Bertz CT molecular complexity index is 3730. The van der Waals surface area contributed by atoms with Crippen LogP contribution in [0.5, 0.6) is 0 Å². The Kier molecular flexibility index (Phi) is 6.75. The van der Waals surface area contributed by atoms with Gasteiger partial charge in [-0.3, -0.25) is 4.57 Å². The second kappa shape index (κ2) is 12.0. The lowest BCUT2D eigenvalue weighted by atomic mass is 9.97. The number of para-hydroxylation sites is 1. The number of rotatable bonds is 4. The first-order valence-electron chi connectivity index (χ1n) is 19.3. The van der Waals surface area contributed by atoms with Gasteiger partial charge in [0.2, 0.25) is 5.71 Å². The lowest BCUT2D eigenvalue weighted by Crippen LogP contribution is -2.03. The molecule has 0 aliphatic rings. The van der Waals surface area contributed by atoms with Crippen LogP contribution >= 0.6 is 11.3 Å². The third-order valence-electron chi connectivity index (χ3n) is 11.7. The first kappa shape index (κ1) is 32.2. The molecule has 0 aliphatic heterocycles. The molecule has 12 aromatic rings. The van der Waals surface area contributed by atoms with E-state index in [2.05, 4.69) is 165 Å². The van der Waals surface area contributed by atoms with Crippen LogP contribution in [0.1, 0.15) is 16.7 Å². The molecule has 8 aromatic carbocycles. The molecule has 0 saturated carbocycles. The van der Waals surface area contributed by atoms with E-state index < -0.39 is 0 Å². The maximum absolute atomic E-state index is 6.91. The summed E-state index contributed by atoms with van der Waals surface area (Å²) < 4.78 is 11.8. The largest absolute Gasteiger partial charge is 0.436 e. The molecular weight excluding hydrogens is 715 g/mol. The van der Waals surface area contributed by atoms with Crippen molar-refractivity contribution in [1.82, 2.24) is 14.5 Å². The van der Waals surface area contributed by atoms with Crippen LogP contribution in [0.25, 0.3) is 120 Å². The van der Waals surface area contributed by atoms with Gasteiger partial charge in [0, 0.05) is 37.2 Å². The van der Waals surface area contributed by atoms with Gasteiger partial charge in [-0.05, 0) is 70.1 Å². The van der Waals surface area contributed by atoms with E-state index in [-0.39, 0.29) is 0 Å². The van der Waals surface area contributed by atoms with E-state index in [9.17, 15) is 0 Å². The molecule has 0 spiro atoms. The van der Waals surface area contributed by atoms with Crippen LogP contribution < -0.4 is 0 Å². The van der Waals surface area contributed by atoms with Crippen molar-refractivity contribution in [3.05, 3.63) is 169 Å². The Morgan fingerprint density at radius 1 is 0.632 bits per heavy atom. The highest BCUT2D eigenvalue weighted by Gasteiger charge is 2.27. The molecule has 12 rings (SSSR count). The number of furan rings is 1. The van der Waals surface area contributed by atoms with Crippen LogP contribution in [0, 0.1) is 13.8 Å². The molecule has 0 atom stereocenters. The van der Waals surface area contributed by atoms with Crippen molar-refractivity contribution in [2.75, 3.05) is 0 Å². The number of aryl methyl sites for hydroxylation is 2. The molecule has 4 heterocycles. The molecule has 0 amide bonds. The molecule has 0 aliphatic carbocycles. The second-order valence-corrected chi connectivity index (χ2v) is 16.1. The van der Waals surface area contributed by atoms with Crippen LogP contribution in [-0.2, 0) is 0 Å². The first-order chi connectivity index (χ1) is 28.1. The summed E-state index contributed by atoms with van der Waals surface area (Å²) in [5.41, 5.74) is 9.70. The predicted octanol–water partition coefficient (Wildman–Crippen LogP) is 14.8. The summed E-state index contributed by atoms with van der Waals surface area (Å²) in [6.45, 7) is 8.24. The van der Waals surface area contributed by atoms with Crippen molar-refractivity contribution >= 4 is 114 Å². The summed E-state index contributed by atoms with van der Waals surface area (Å²) in [5.74, 6) is 0.741. The zero-order valence-corrected chi connectivity index (χ0v) is 32.1. The molecule has 0 N–H and O–H groups in total. The lowest BCUT2D eigenvalue weighted by molar-refractivity contribution is 0.655. The summed E-state index contributed by atoms with van der Waals surface area (Å²) >= 11 is 1.85. The first-order valence-corrected chi connectivity index (χ1v) is 20.1. The van der Waals surface area contributed by atoms with Crippen LogP contribution in [0.15, 0.2) is 157 Å². The van der Waals surface area contributed by atoms with Gasteiger partial charge in [-0.2, -0.15) is 4.98 Å². The Hall–Kier alpha value is -7.08. The molecule has 57 heavy (non-hydrogen) atoms. The van der Waals surface area contributed by atoms with Gasteiger partial charge in [-0.25, -0.2) is 4.98 Å². The minimum Gasteiger partial charge on any atom is -0.436 e. The third-order valence-corrected chi connectivity index (χ3v) is 12.9. The molecule has 0 fully saturated rings. The van der Waals surface area contributed by atoms with Crippen LogP contribution in [0.2, 0.25) is 0 Å². The fraction of sp³-hybridized carbons (Fsp3) is 0.0385. The lowest BCUT2D eigenvalue weighted by Gasteiger charge is -2.13. The average molecular weight is 748 g/mol. The zero-order chi connectivity index (χ0) is 37.9. The minimum atomic E-state index is 0.519. The van der Waals surface area contributed by atoms with Gasteiger partial charge in [0.15, 0.2) is 5.82 Å². The third kappa shape index (κ3) is 4.49. The standard InChI is InChI=1S/C52H33N3OS/c1-4-5-14-32-28-40-42(27-30(32)3)57-50-44(40)37-19-10-9-18-36(37)43-39-21-12-13-22-41(39)55(48(43)50)51-46(31-25-23-29(2)24-26-31)53-47-45-35-17-8-6-15-33(35)34-16-7-11-20-38(34)49(45)56-52(47)54-51/h4-28H,1H2,2-3H3/b14-5-. The number of nitrogens with zero attached hydrogens (tertiary/aromatic N) is 3. The van der Waals surface area contributed by atoms with E-state index in [1.54, 1.807) is 0 Å². The van der Waals surface area contributed by atoms with Crippen molar-refractivity contribution in [2.45, 2.75) is 13.8 Å². The minimum absolute atomic E-state index is 0.519.